The van der Waals surface area contributed by atoms with E-state index in [2.05, 4.69) is 20.9 Å². The van der Waals surface area contributed by atoms with Crippen molar-refractivity contribution >= 4 is 33.4 Å². The Kier molecular flexibility index (Phi) is 4.26. The third-order valence-corrected chi connectivity index (χ3v) is 6.38. The Bertz CT molecular complexity index is 607. The van der Waals surface area contributed by atoms with Crippen LogP contribution in [0.15, 0.2) is 9.98 Å². The molecule has 5 nitrogen and oxygen atoms in total. The molecule has 1 aromatic heterocycles. The van der Waals surface area contributed by atoms with Crippen LogP contribution in [0.3, 0.4) is 0 Å². The van der Waals surface area contributed by atoms with Gasteiger partial charge in [0.2, 0.25) is 0 Å². The number of ether oxygens (including phenoxy) is 1. The molecule has 2 aliphatic rings. The molecule has 1 unspecified atom stereocenters. The Morgan fingerprint density at radius 3 is 2.61 bits per heavy atom. The molecule has 1 saturated heterocycles. The van der Waals surface area contributed by atoms with Gasteiger partial charge in [-0.3, -0.25) is 4.90 Å². The van der Waals surface area contributed by atoms with Gasteiger partial charge in [0.25, 0.3) is 0 Å². The summed E-state index contributed by atoms with van der Waals surface area (Å²) in [7, 11) is 0. The number of amides is 1. The van der Waals surface area contributed by atoms with Crippen LogP contribution in [0.2, 0.25) is 0 Å². The van der Waals surface area contributed by atoms with Gasteiger partial charge in [0, 0.05) is 17.3 Å². The van der Waals surface area contributed by atoms with Gasteiger partial charge in [0.05, 0.1) is 6.54 Å². The Morgan fingerprint density at radius 2 is 2.09 bits per heavy atom. The van der Waals surface area contributed by atoms with E-state index in [1.807, 2.05) is 26.2 Å². The van der Waals surface area contributed by atoms with Gasteiger partial charge in [0.15, 0.2) is 0 Å². The molecule has 1 amide bonds. The van der Waals surface area contributed by atoms with Crippen LogP contribution in [0, 0.1) is 0 Å². The highest BCUT2D eigenvalue weighted by Gasteiger charge is 2.58. The molecular formula is C16H23BrN2O3S. The number of β-amino-alcohol motifs (C(OH)–C–C–N with tert-alkyl or cyclic N) is 1. The molecule has 23 heavy (non-hydrogen) atoms. The number of thiazole rings is 1. The number of hydrogen-bond donors (Lipinski definition) is 1. The molecule has 2 heterocycles. The molecule has 0 radical (unpaired) electrons. The van der Waals surface area contributed by atoms with E-state index in [1.54, 1.807) is 4.90 Å². The third kappa shape index (κ3) is 3.28. The van der Waals surface area contributed by atoms with Crippen LogP contribution in [0.25, 0.3) is 0 Å². The summed E-state index contributed by atoms with van der Waals surface area (Å²) in [5.74, 6) is 0. The maximum atomic E-state index is 12.7. The number of rotatable bonds is 1. The van der Waals surface area contributed by atoms with Crippen molar-refractivity contribution in [1.82, 2.24) is 9.88 Å². The minimum Gasteiger partial charge on any atom is -0.444 e. The van der Waals surface area contributed by atoms with Gasteiger partial charge in [0.1, 0.15) is 20.8 Å². The summed E-state index contributed by atoms with van der Waals surface area (Å²) in [5.41, 5.74) is -1.92. The molecule has 1 atom stereocenters. The summed E-state index contributed by atoms with van der Waals surface area (Å²) in [6.45, 7) is 5.85. The van der Waals surface area contributed by atoms with Gasteiger partial charge >= 0.3 is 6.09 Å². The highest BCUT2D eigenvalue weighted by Crippen LogP contribution is 2.51. The van der Waals surface area contributed by atoms with E-state index in [-0.39, 0.29) is 18.2 Å². The summed E-state index contributed by atoms with van der Waals surface area (Å²) < 4.78 is 6.32. The van der Waals surface area contributed by atoms with E-state index in [4.69, 9.17) is 4.74 Å². The minimum absolute atomic E-state index is 0.252. The molecule has 0 aromatic carbocycles. The summed E-state index contributed by atoms with van der Waals surface area (Å²) in [5, 5.41) is 13.7. The zero-order valence-electron chi connectivity index (χ0n) is 13.8. The van der Waals surface area contributed by atoms with Gasteiger partial charge in [-0.05, 0) is 49.5 Å². The average Bonchev–Trinajstić information content (AvgIpc) is 3.09. The Hall–Kier alpha value is -0.660. The van der Waals surface area contributed by atoms with E-state index in [1.165, 1.54) is 11.3 Å². The maximum Gasteiger partial charge on any atom is 0.410 e. The number of carbonyl (C=O) groups is 1. The largest absolute Gasteiger partial charge is 0.444 e. The van der Waals surface area contributed by atoms with Crippen molar-refractivity contribution in [1.29, 1.82) is 0 Å². The number of carbonyl (C=O) groups excluding carboxylic acids is 1. The first-order valence-corrected chi connectivity index (χ1v) is 9.65. The molecule has 1 aromatic rings. The lowest BCUT2D eigenvalue weighted by molar-refractivity contribution is 0.00399. The first kappa shape index (κ1) is 17.2. The highest BCUT2D eigenvalue weighted by atomic mass is 79.9. The summed E-state index contributed by atoms with van der Waals surface area (Å²) in [6.07, 6.45) is 4.21. The Balaban J connectivity index is 1.90. The fourth-order valence-corrected chi connectivity index (χ4v) is 5.13. The van der Waals surface area contributed by atoms with Crippen LogP contribution in [-0.2, 0) is 10.3 Å². The average molecular weight is 403 g/mol. The monoisotopic (exact) mass is 402 g/mol. The van der Waals surface area contributed by atoms with E-state index in [0.717, 1.165) is 30.3 Å². The van der Waals surface area contributed by atoms with Crippen molar-refractivity contribution in [3.63, 3.8) is 0 Å². The fraction of sp³-hybridized carbons (Fsp3) is 0.750. The number of likely N-dealkylation sites (tertiary alicyclic amines) is 1. The molecule has 3 rings (SSSR count). The van der Waals surface area contributed by atoms with Crippen LogP contribution >= 0.6 is 27.3 Å². The van der Waals surface area contributed by atoms with Crippen molar-refractivity contribution in [2.24, 2.45) is 0 Å². The van der Waals surface area contributed by atoms with Gasteiger partial charge in [-0.2, -0.15) is 0 Å². The molecule has 1 aliphatic heterocycles. The number of nitrogens with zero attached hydrogens (tertiary/aromatic N) is 2. The SMILES string of the molecule is CC(C)(C)OC(=O)N1CC(O)(c2nc(Br)cs2)CC12CCCC2. The smallest absolute Gasteiger partial charge is 0.410 e. The minimum atomic E-state index is -1.09. The lowest BCUT2D eigenvalue weighted by Gasteiger charge is -2.35. The van der Waals surface area contributed by atoms with Crippen LogP contribution < -0.4 is 0 Å². The molecular weight excluding hydrogens is 380 g/mol. The van der Waals surface area contributed by atoms with Gasteiger partial charge < -0.3 is 9.84 Å². The molecule has 7 heteroatoms. The van der Waals surface area contributed by atoms with Crippen LogP contribution in [0.5, 0.6) is 0 Å². The van der Waals surface area contributed by atoms with Gasteiger partial charge in [-0.15, -0.1) is 11.3 Å². The fourth-order valence-electron chi connectivity index (χ4n) is 3.79. The zero-order chi connectivity index (χ0) is 16.9. The number of hydrogen-bond acceptors (Lipinski definition) is 5. The topological polar surface area (TPSA) is 62.7 Å². The standard InChI is InChI=1S/C16H23BrN2O3S/c1-14(2,3)22-13(20)19-10-16(21,12-18-11(17)8-23-12)9-15(19)6-4-5-7-15/h8,21H,4-7,9-10H2,1-3H3. The number of aliphatic hydroxyl groups is 1. The third-order valence-electron chi connectivity index (χ3n) is 4.64. The van der Waals surface area contributed by atoms with E-state index >= 15 is 0 Å². The van der Waals surface area contributed by atoms with E-state index in [9.17, 15) is 9.90 Å². The van der Waals surface area contributed by atoms with Crippen molar-refractivity contribution < 1.29 is 14.6 Å². The van der Waals surface area contributed by atoms with Crippen molar-refractivity contribution in [3.8, 4) is 0 Å². The zero-order valence-corrected chi connectivity index (χ0v) is 16.2. The molecule has 1 spiro atoms. The first-order chi connectivity index (χ1) is 10.6. The summed E-state index contributed by atoms with van der Waals surface area (Å²) >= 11 is 4.77. The predicted molar refractivity (Wildman–Crippen MR) is 92.5 cm³/mol. The predicted octanol–water partition coefficient (Wildman–Crippen LogP) is 4.05. The second kappa shape index (κ2) is 5.70. The normalized spacial score (nSPS) is 26.9. The first-order valence-electron chi connectivity index (χ1n) is 7.98. The van der Waals surface area contributed by atoms with Crippen molar-refractivity contribution in [3.05, 3.63) is 15.0 Å². The lowest BCUT2D eigenvalue weighted by Crippen LogP contribution is -2.47. The lowest BCUT2D eigenvalue weighted by atomic mass is 9.88. The molecule has 1 aliphatic carbocycles. The second-order valence-electron chi connectivity index (χ2n) is 7.68. The number of aromatic nitrogens is 1. The van der Waals surface area contributed by atoms with Crippen LogP contribution in [0.4, 0.5) is 4.79 Å². The molecule has 128 valence electrons. The Morgan fingerprint density at radius 1 is 1.43 bits per heavy atom. The van der Waals surface area contributed by atoms with E-state index < -0.39 is 11.2 Å². The van der Waals surface area contributed by atoms with Crippen LogP contribution in [0.1, 0.15) is 57.9 Å². The number of halogens is 1. The molecule has 1 N–H and O–H groups in total. The van der Waals surface area contributed by atoms with Gasteiger partial charge in [-0.25, -0.2) is 9.78 Å². The van der Waals surface area contributed by atoms with Gasteiger partial charge in [-0.1, -0.05) is 12.8 Å². The van der Waals surface area contributed by atoms with E-state index in [0.29, 0.717) is 11.4 Å². The Labute approximate surface area is 149 Å². The second-order valence-corrected chi connectivity index (χ2v) is 9.35. The summed E-state index contributed by atoms with van der Waals surface area (Å²) in [4.78, 5) is 18.9. The highest BCUT2D eigenvalue weighted by molar-refractivity contribution is 9.10. The molecule has 0 bridgehead atoms. The van der Waals surface area contributed by atoms with Crippen molar-refractivity contribution in [2.75, 3.05) is 6.54 Å². The van der Waals surface area contributed by atoms with Crippen LogP contribution in [-0.4, -0.2) is 38.8 Å². The maximum absolute atomic E-state index is 12.7. The summed E-state index contributed by atoms with van der Waals surface area (Å²) in [6, 6.07) is 0. The molecule has 1 saturated carbocycles. The quantitative estimate of drug-likeness (QED) is 0.769. The molecule has 2 fully saturated rings. The van der Waals surface area contributed by atoms with Crippen molar-refractivity contribution in [2.45, 2.75) is 69.6 Å².